The van der Waals surface area contributed by atoms with Crippen LogP contribution in [0.15, 0.2) is 24.3 Å². The monoisotopic (exact) mass is 260 g/mol. The largest absolute Gasteiger partial charge is 0.353 e. The molecule has 2 rings (SSSR count). The molecule has 1 aliphatic carbocycles. The van der Waals surface area contributed by atoms with Crippen molar-refractivity contribution in [2.75, 3.05) is 0 Å². The molecular formula is C16H24N2O. The average molecular weight is 260 g/mol. The Balaban J connectivity index is 1.90. The van der Waals surface area contributed by atoms with Crippen molar-refractivity contribution in [1.29, 1.82) is 0 Å². The van der Waals surface area contributed by atoms with Crippen LogP contribution in [0.2, 0.25) is 0 Å². The number of amides is 1. The molecule has 2 unspecified atom stereocenters. The van der Waals surface area contributed by atoms with Gasteiger partial charge in [0.05, 0.1) is 6.42 Å². The highest BCUT2D eigenvalue weighted by Crippen LogP contribution is 2.23. The molecular weight excluding hydrogens is 236 g/mol. The molecule has 19 heavy (non-hydrogen) atoms. The van der Waals surface area contributed by atoms with E-state index in [9.17, 15) is 4.79 Å². The van der Waals surface area contributed by atoms with Crippen molar-refractivity contribution in [3.63, 3.8) is 0 Å². The number of carbonyl (C=O) groups is 1. The fraction of sp³-hybridized carbons (Fsp3) is 0.562. The van der Waals surface area contributed by atoms with E-state index in [0.717, 1.165) is 29.9 Å². The number of nitrogens with one attached hydrogen (secondary N) is 1. The first-order valence-electron chi connectivity index (χ1n) is 7.25. The van der Waals surface area contributed by atoms with Crippen LogP contribution in [0.25, 0.3) is 0 Å². The molecule has 1 aliphatic rings. The molecule has 3 N–H and O–H groups in total. The molecule has 3 heteroatoms. The fourth-order valence-corrected chi connectivity index (χ4v) is 2.95. The zero-order chi connectivity index (χ0) is 13.7. The molecule has 0 radical (unpaired) electrons. The average Bonchev–Trinajstić information content (AvgIpc) is 2.39. The van der Waals surface area contributed by atoms with Crippen molar-refractivity contribution in [3.05, 3.63) is 35.4 Å². The van der Waals surface area contributed by atoms with Crippen LogP contribution in [-0.4, -0.2) is 11.9 Å². The summed E-state index contributed by atoms with van der Waals surface area (Å²) in [4.78, 5) is 12.1. The van der Waals surface area contributed by atoms with Gasteiger partial charge in [-0.05, 0) is 29.9 Å². The van der Waals surface area contributed by atoms with Gasteiger partial charge >= 0.3 is 0 Å². The van der Waals surface area contributed by atoms with Crippen LogP contribution in [0, 0.1) is 5.92 Å². The van der Waals surface area contributed by atoms with Gasteiger partial charge in [0, 0.05) is 12.6 Å². The predicted octanol–water partition coefficient (Wildman–Crippen LogP) is 2.38. The molecule has 0 spiro atoms. The first-order valence-corrected chi connectivity index (χ1v) is 7.25. The second kappa shape index (κ2) is 6.71. The van der Waals surface area contributed by atoms with Gasteiger partial charge in [0.1, 0.15) is 0 Å². The van der Waals surface area contributed by atoms with E-state index in [1.165, 1.54) is 12.8 Å². The maximum absolute atomic E-state index is 12.1. The molecule has 0 aromatic heterocycles. The molecule has 3 nitrogen and oxygen atoms in total. The van der Waals surface area contributed by atoms with E-state index in [1.807, 2.05) is 24.3 Å². The normalized spacial score (nSPS) is 23.1. The van der Waals surface area contributed by atoms with Gasteiger partial charge in [-0.25, -0.2) is 0 Å². The topological polar surface area (TPSA) is 55.1 Å². The predicted molar refractivity (Wildman–Crippen MR) is 77.6 cm³/mol. The highest BCUT2D eigenvalue weighted by molar-refractivity contribution is 5.79. The highest BCUT2D eigenvalue weighted by atomic mass is 16.1. The lowest BCUT2D eigenvalue weighted by atomic mass is 9.87. The molecule has 0 saturated heterocycles. The van der Waals surface area contributed by atoms with E-state index in [-0.39, 0.29) is 5.91 Å². The van der Waals surface area contributed by atoms with E-state index < -0.39 is 0 Å². The minimum atomic E-state index is 0.125. The van der Waals surface area contributed by atoms with Crippen LogP contribution in [0.5, 0.6) is 0 Å². The zero-order valence-corrected chi connectivity index (χ0v) is 11.7. The summed E-state index contributed by atoms with van der Waals surface area (Å²) in [6.45, 7) is 2.76. The first-order chi connectivity index (χ1) is 9.19. The molecule has 1 fully saturated rings. The molecule has 104 valence electrons. The lowest BCUT2D eigenvalue weighted by Gasteiger charge is -2.27. The van der Waals surface area contributed by atoms with Gasteiger partial charge in [-0.2, -0.15) is 0 Å². The van der Waals surface area contributed by atoms with Crippen LogP contribution in [0.4, 0.5) is 0 Å². The summed E-state index contributed by atoms with van der Waals surface area (Å²) in [5.41, 5.74) is 7.81. The number of rotatable bonds is 4. The maximum atomic E-state index is 12.1. The molecule has 1 aromatic rings. The van der Waals surface area contributed by atoms with Crippen molar-refractivity contribution < 1.29 is 4.79 Å². The quantitative estimate of drug-likeness (QED) is 0.873. The second-order valence-electron chi connectivity index (χ2n) is 5.69. The Kier molecular flexibility index (Phi) is 4.97. The number of nitrogens with two attached hydrogens (primary N) is 1. The van der Waals surface area contributed by atoms with E-state index in [4.69, 9.17) is 5.73 Å². The molecule has 2 atom stereocenters. The molecule has 1 saturated carbocycles. The lowest BCUT2D eigenvalue weighted by Crippen LogP contribution is -2.38. The van der Waals surface area contributed by atoms with Crippen molar-refractivity contribution in [3.8, 4) is 0 Å². The van der Waals surface area contributed by atoms with Crippen LogP contribution in [0.1, 0.15) is 43.7 Å². The van der Waals surface area contributed by atoms with Gasteiger partial charge in [0.25, 0.3) is 0 Å². The van der Waals surface area contributed by atoms with Gasteiger partial charge in [-0.15, -0.1) is 0 Å². The van der Waals surface area contributed by atoms with Crippen molar-refractivity contribution in [1.82, 2.24) is 5.32 Å². The summed E-state index contributed by atoms with van der Waals surface area (Å²) in [5, 5.41) is 3.17. The summed E-state index contributed by atoms with van der Waals surface area (Å²) in [6.07, 6.45) is 5.20. The Morgan fingerprint density at radius 1 is 1.32 bits per heavy atom. The first kappa shape index (κ1) is 14.1. The van der Waals surface area contributed by atoms with Crippen molar-refractivity contribution in [2.45, 2.75) is 51.6 Å². The van der Waals surface area contributed by atoms with E-state index in [2.05, 4.69) is 12.2 Å². The lowest BCUT2D eigenvalue weighted by molar-refractivity contribution is -0.121. The summed E-state index contributed by atoms with van der Waals surface area (Å²) in [5.74, 6) is 0.857. The molecule has 0 aliphatic heterocycles. The van der Waals surface area contributed by atoms with Gasteiger partial charge in [-0.3, -0.25) is 4.79 Å². The summed E-state index contributed by atoms with van der Waals surface area (Å²) in [7, 11) is 0. The smallest absolute Gasteiger partial charge is 0.224 e. The van der Waals surface area contributed by atoms with Gasteiger partial charge < -0.3 is 11.1 Å². The van der Waals surface area contributed by atoms with Crippen LogP contribution < -0.4 is 11.1 Å². The van der Waals surface area contributed by atoms with Crippen LogP contribution >= 0.6 is 0 Å². The minimum absolute atomic E-state index is 0.125. The van der Waals surface area contributed by atoms with E-state index >= 15 is 0 Å². The van der Waals surface area contributed by atoms with Crippen LogP contribution in [0.3, 0.4) is 0 Å². The standard InChI is InChI=1S/C16H24N2O/c1-12-5-4-8-15(9-12)18-16(19)10-13-6-2-3-7-14(13)11-17/h2-3,6-7,12,15H,4-5,8-11,17H2,1H3,(H,18,19). The highest BCUT2D eigenvalue weighted by Gasteiger charge is 2.20. The Morgan fingerprint density at radius 3 is 2.74 bits per heavy atom. The number of hydrogen-bond donors (Lipinski definition) is 2. The summed E-state index contributed by atoms with van der Waals surface area (Å²) < 4.78 is 0. The number of carbonyl (C=O) groups excluding carboxylic acids is 1. The maximum Gasteiger partial charge on any atom is 0.224 e. The molecule has 0 heterocycles. The SMILES string of the molecule is CC1CCCC(NC(=O)Cc2ccccc2CN)C1. The molecule has 1 aromatic carbocycles. The Hall–Kier alpha value is -1.35. The zero-order valence-electron chi connectivity index (χ0n) is 11.7. The van der Waals surface area contributed by atoms with Gasteiger partial charge in [-0.1, -0.05) is 44.0 Å². The van der Waals surface area contributed by atoms with Crippen molar-refractivity contribution >= 4 is 5.91 Å². The van der Waals surface area contributed by atoms with Crippen LogP contribution in [-0.2, 0) is 17.8 Å². The van der Waals surface area contributed by atoms with Crippen molar-refractivity contribution in [2.24, 2.45) is 11.7 Å². The fourth-order valence-electron chi connectivity index (χ4n) is 2.95. The molecule has 0 bridgehead atoms. The Labute approximate surface area is 115 Å². The van der Waals surface area contributed by atoms with E-state index in [1.54, 1.807) is 0 Å². The Bertz CT molecular complexity index is 431. The van der Waals surface area contributed by atoms with Gasteiger partial charge in [0.15, 0.2) is 0 Å². The molecule has 1 amide bonds. The summed E-state index contributed by atoms with van der Waals surface area (Å²) >= 11 is 0. The van der Waals surface area contributed by atoms with Gasteiger partial charge in [0.2, 0.25) is 5.91 Å². The minimum Gasteiger partial charge on any atom is -0.353 e. The number of benzene rings is 1. The third kappa shape index (κ3) is 4.06. The third-order valence-corrected chi connectivity index (χ3v) is 3.99. The Morgan fingerprint density at radius 2 is 2.05 bits per heavy atom. The third-order valence-electron chi connectivity index (χ3n) is 3.99. The second-order valence-corrected chi connectivity index (χ2v) is 5.69. The summed E-state index contributed by atoms with van der Waals surface area (Å²) in [6, 6.07) is 8.27. The number of hydrogen-bond acceptors (Lipinski definition) is 2. The van der Waals surface area contributed by atoms with E-state index in [0.29, 0.717) is 19.0 Å².